The zero-order valence-electron chi connectivity index (χ0n) is 12.0. The van der Waals surface area contributed by atoms with Crippen molar-refractivity contribution in [3.8, 4) is 5.75 Å². The SMILES string of the molecule is Oc1cc2c(cc1C(F)F)C[C@@H]1NCC[C@]23CCCC[C@H]13. The van der Waals surface area contributed by atoms with Gasteiger partial charge in [-0.3, -0.25) is 0 Å². The molecule has 4 rings (SSSR count). The highest BCUT2D eigenvalue weighted by Crippen LogP contribution is 2.55. The van der Waals surface area contributed by atoms with Gasteiger partial charge in [0.05, 0.1) is 5.56 Å². The minimum atomic E-state index is -2.61. The molecule has 2 bridgehead atoms. The molecule has 114 valence electrons. The maximum absolute atomic E-state index is 13.0. The lowest BCUT2D eigenvalue weighted by atomic mass is 9.52. The van der Waals surface area contributed by atoms with Crippen LogP contribution in [-0.4, -0.2) is 17.7 Å². The highest BCUT2D eigenvalue weighted by molar-refractivity contribution is 5.49. The van der Waals surface area contributed by atoms with Gasteiger partial charge in [-0.15, -0.1) is 0 Å². The zero-order chi connectivity index (χ0) is 14.6. The molecule has 0 amide bonds. The van der Waals surface area contributed by atoms with Gasteiger partial charge in [-0.25, -0.2) is 8.78 Å². The Labute approximate surface area is 123 Å². The van der Waals surface area contributed by atoms with Crippen LogP contribution in [0.5, 0.6) is 5.75 Å². The van der Waals surface area contributed by atoms with Crippen molar-refractivity contribution >= 4 is 0 Å². The van der Waals surface area contributed by atoms with E-state index in [4.69, 9.17) is 0 Å². The van der Waals surface area contributed by atoms with Crippen LogP contribution in [0.1, 0.15) is 55.2 Å². The van der Waals surface area contributed by atoms with E-state index in [-0.39, 0.29) is 16.7 Å². The van der Waals surface area contributed by atoms with Crippen molar-refractivity contribution in [1.29, 1.82) is 0 Å². The third kappa shape index (κ3) is 1.84. The summed E-state index contributed by atoms with van der Waals surface area (Å²) in [5, 5.41) is 13.6. The molecule has 1 saturated carbocycles. The van der Waals surface area contributed by atoms with Crippen LogP contribution in [0.2, 0.25) is 0 Å². The Morgan fingerprint density at radius 2 is 2.10 bits per heavy atom. The monoisotopic (exact) mass is 293 g/mol. The number of halogens is 2. The molecule has 0 radical (unpaired) electrons. The summed E-state index contributed by atoms with van der Waals surface area (Å²) >= 11 is 0. The van der Waals surface area contributed by atoms with Crippen LogP contribution in [0, 0.1) is 5.92 Å². The molecule has 0 unspecified atom stereocenters. The van der Waals surface area contributed by atoms with E-state index in [0.29, 0.717) is 12.0 Å². The number of benzene rings is 1. The van der Waals surface area contributed by atoms with Crippen LogP contribution < -0.4 is 5.32 Å². The van der Waals surface area contributed by atoms with Gasteiger partial charge in [0.1, 0.15) is 5.75 Å². The van der Waals surface area contributed by atoms with Crippen molar-refractivity contribution in [3.05, 3.63) is 28.8 Å². The number of phenolic OH excluding ortho intramolecular Hbond substituents is 1. The van der Waals surface area contributed by atoms with E-state index in [1.54, 1.807) is 12.1 Å². The summed E-state index contributed by atoms with van der Waals surface area (Å²) < 4.78 is 26.1. The van der Waals surface area contributed by atoms with Gasteiger partial charge in [0.2, 0.25) is 0 Å². The average molecular weight is 293 g/mol. The molecule has 21 heavy (non-hydrogen) atoms. The van der Waals surface area contributed by atoms with Gasteiger partial charge in [0, 0.05) is 11.5 Å². The predicted molar refractivity (Wildman–Crippen MR) is 76.8 cm³/mol. The standard InChI is InChI=1S/C17H21F2NO/c18-16(19)11-7-10-8-14-12-3-1-2-4-17(12,5-6-20-14)13(10)9-15(11)21/h7,9,12,14,16,20-21H,1-6,8H2/t12-,14+,17+/m1/s1. The van der Waals surface area contributed by atoms with Crippen LogP contribution >= 0.6 is 0 Å². The van der Waals surface area contributed by atoms with Crippen LogP contribution in [0.4, 0.5) is 8.78 Å². The summed E-state index contributed by atoms with van der Waals surface area (Å²) in [5.74, 6) is 0.378. The minimum absolute atomic E-state index is 0.111. The third-order valence-electron chi connectivity index (χ3n) is 6.02. The highest BCUT2D eigenvalue weighted by Gasteiger charge is 2.51. The molecule has 3 aliphatic rings. The van der Waals surface area contributed by atoms with Crippen LogP contribution in [0.25, 0.3) is 0 Å². The van der Waals surface area contributed by atoms with Crippen LogP contribution in [0.3, 0.4) is 0 Å². The smallest absolute Gasteiger partial charge is 0.267 e. The van der Waals surface area contributed by atoms with E-state index in [1.165, 1.54) is 19.3 Å². The molecule has 2 aliphatic carbocycles. The van der Waals surface area contributed by atoms with Crippen molar-refractivity contribution in [2.45, 2.75) is 56.4 Å². The second kappa shape index (κ2) is 4.67. The lowest BCUT2D eigenvalue weighted by Gasteiger charge is -2.56. The first-order valence-electron chi connectivity index (χ1n) is 7.99. The third-order valence-corrected chi connectivity index (χ3v) is 6.02. The topological polar surface area (TPSA) is 32.3 Å². The Balaban J connectivity index is 1.88. The number of fused-ring (bicyclic) bond motifs is 1. The summed E-state index contributed by atoms with van der Waals surface area (Å²) in [6.07, 6.45) is 4.10. The molecule has 0 spiro atoms. The molecule has 2 N–H and O–H groups in total. The van der Waals surface area contributed by atoms with E-state index in [1.807, 2.05) is 0 Å². The Morgan fingerprint density at radius 3 is 2.90 bits per heavy atom. The van der Waals surface area contributed by atoms with E-state index < -0.39 is 6.43 Å². The molecule has 1 saturated heterocycles. The quantitative estimate of drug-likeness (QED) is 0.828. The Morgan fingerprint density at radius 1 is 1.24 bits per heavy atom. The lowest BCUT2D eigenvalue weighted by molar-refractivity contribution is 0.0789. The molecule has 1 heterocycles. The number of hydrogen-bond acceptors (Lipinski definition) is 2. The second-order valence-corrected chi connectivity index (χ2v) is 6.89. The number of rotatable bonds is 1. The molecule has 1 aromatic rings. The van der Waals surface area contributed by atoms with Crippen molar-refractivity contribution < 1.29 is 13.9 Å². The first kappa shape index (κ1) is 13.5. The fourth-order valence-electron chi connectivity index (χ4n) is 5.17. The molecule has 2 nitrogen and oxygen atoms in total. The summed E-state index contributed by atoms with van der Waals surface area (Å²) in [7, 11) is 0. The maximum Gasteiger partial charge on any atom is 0.267 e. The van der Waals surface area contributed by atoms with Gasteiger partial charge in [-0.2, -0.15) is 0 Å². The average Bonchev–Trinajstić information content (AvgIpc) is 2.47. The molecule has 2 fully saturated rings. The van der Waals surface area contributed by atoms with Crippen molar-refractivity contribution in [2.75, 3.05) is 6.54 Å². The summed E-state index contributed by atoms with van der Waals surface area (Å²) in [6, 6.07) is 3.64. The summed E-state index contributed by atoms with van der Waals surface area (Å²) in [6.45, 7) is 0.998. The fraction of sp³-hybridized carbons (Fsp3) is 0.647. The van der Waals surface area contributed by atoms with Crippen LogP contribution in [-0.2, 0) is 11.8 Å². The molecule has 3 atom stereocenters. The molecular formula is C17H21F2NO. The van der Waals surface area contributed by atoms with Crippen molar-refractivity contribution in [1.82, 2.24) is 5.32 Å². The number of aromatic hydroxyl groups is 1. The molecule has 0 aromatic heterocycles. The molecule has 1 aliphatic heterocycles. The van der Waals surface area contributed by atoms with Gasteiger partial charge in [-0.1, -0.05) is 12.8 Å². The largest absolute Gasteiger partial charge is 0.507 e. The first-order chi connectivity index (χ1) is 10.1. The number of phenols is 1. The number of piperidine rings is 1. The van der Waals surface area contributed by atoms with E-state index in [9.17, 15) is 13.9 Å². The number of alkyl halides is 2. The zero-order valence-corrected chi connectivity index (χ0v) is 12.0. The van der Waals surface area contributed by atoms with E-state index in [2.05, 4.69) is 5.32 Å². The summed E-state index contributed by atoms with van der Waals surface area (Å²) in [5.41, 5.74) is 2.09. The number of hydrogen-bond donors (Lipinski definition) is 2. The van der Waals surface area contributed by atoms with Crippen LogP contribution in [0.15, 0.2) is 12.1 Å². The van der Waals surface area contributed by atoms with E-state index >= 15 is 0 Å². The lowest BCUT2D eigenvalue weighted by Crippen LogP contribution is -2.59. The Hall–Kier alpha value is -1.16. The minimum Gasteiger partial charge on any atom is -0.507 e. The fourth-order valence-corrected chi connectivity index (χ4v) is 5.17. The number of nitrogens with one attached hydrogen (secondary N) is 1. The van der Waals surface area contributed by atoms with Crippen molar-refractivity contribution in [3.63, 3.8) is 0 Å². The van der Waals surface area contributed by atoms with Gasteiger partial charge in [-0.05, 0) is 61.4 Å². The Bertz CT molecular complexity index is 570. The molecule has 4 heteroatoms. The normalized spacial score (nSPS) is 34.4. The van der Waals surface area contributed by atoms with Gasteiger partial charge >= 0.3 is 0 Å². The van der Waals surface area contributed by atoms with Gasteiger partial charge < -0.3 is 10.4 Å². The molecular weight excluding hydrogens is 272 g/mol. The van der Waals surface area contributed by atoms with Gasteiger partial charge in [0.25, 0.3) is 6.43 Å². The van der Waals surface area contributed by atoms with E-state index in [0.717, 1.165) is 36.9 Å². The van der Waals surface area contributed by atoms with Crippen molar-refractivity contribution in [2.24, 2.45) is 5.92 Å². The maximum atomic E-state index is 13.0. The summed E-state index contributed by atoms with van der Waals surface area (Å²) in [4.78, 5) is 0. The molecule has 1 aromatic carbocycles. The first-order valence-corrected chi connectivity index (χ1v) is 7.99. The second-order valence-electron chi connectivity index (χ2n) is 6.89. The highest BCUT2D eigenvalue weighted by atomic mass is 19.3. The Kier molecular flexibility index (Phi) is 3.00. The van der Waals surface area contributed by atoms with Gasteiger partial charge in [0.15, 0.2) is 0 Å². The predicted octanol–water partition coefficient (Wildman–Crippen LogP) is 3.68.